The third-order valence-corrected chi connectivity index (χ3v) is 6.11. The first-order valence-electron chi connectivity index (χ1n) is 9.90. The van der Waals surface area contributed by atoms with E-state index in [0.29, 0.717) is 18.6 Å². The minimum atomic E-state index is -0.369. The molecule has 0 bridgehead atoms. The number of dihydropyridines is 1. The summed E-state index contributed by atoms with van der Waals surface area (Å²) in [5.41, 5.74) is 3.91. The number of allylic oxidation sites excluding steroid dienone is 3. The van der Waals surface area contributed by atoms with Crippen molar-refractivity contribution in [3.05, 3.63) is 55.9 Å². The Hall–Kier alpha value is -1.63. The highest BCUT2D eigenvalue weighted by atomic mass is 127. The molecule has 0 saturated carbocycles. The van der Waals surface area contributed by atoms with Crippen LogP contribution in [0, 0.1) is 8.99 Å². The molecule has 0 fully saturated rings. The molecule has 1 aromatic carbocycles. The minimum absolute atomic E-state index is 0.0844. The summed E-state index contributed by atoms with van der Waals surface area (Å²) in [6, 6.07) is 8.07. The lowest BCUT2D eigenvalue weighted by molar-refractivity contribution is -0.139. The van der Waals surface area contributed by atoms with Gasteiger partial charge in [-0.05, 0) is 65.5 Å². The van der Waals surface area contributed by atoms with Crippen LogP contribution >= 0.6 is 22.6 Å². The first kappa shape index (κ1) is 21.1. The summed E-state index contributed by atoms with van der Waals surface area (Å²) in [7, 11) is 0. The molecule has 28 heavy (non-hydrogen) atoms. The van der Waals surface area contributed by atoms with E-state index in [1.807, 2.05) is 31.2 Å². The van der Waals surface area contributed by atoms with Gasteiger partial charge >= 0.3 is 5.97 Å². The first-order valence-corrected chi connectivity index (χ1v) is 11.0. The van der Waals surface area contributed by atoms with Crippen LogP contribution in [0.5, 0.6) is 0 Å². The fraction of sp³-hybridized carbons (Fsp3) is 0.478. The zero-order valence-corrected chi connectivity index (χ0v) is 19.2. The Bertz CT molecular complexity index is 849. The minimum Gasteiger partial charge on any atom is -0.462 e. The molecule has 0 aromatic heterocycles. The van der Waals surface area contributed by atoms with Gasteiger partial charge in [0, 0.05) is 32.9 Å². The van der Waals surface area contributed by atoms with Gasteiger partial charge in [0.2, 0.25) is 0 Å². The fourth-order valence-corrected chi connectivity index (χ4v) is 4.44. The second kappa shape index (κ2) is 8.39. The lowest BCUT2D eigenvalue weighted by Crippen LogP contribution is -2.38. The maximum atomic E-state index is 13.2. The van der Waals surface area contributed by atoms with E-state index < -0.39 is 0 Å². The second-order valence-corrected chi connectivity index (χ2v) is 9.72. The van der Waals surface area contributed by atoms with Crippen LogP contribution in [-0.2, 0) is 14.3 Å². The number of rotatable bonds is 5. The second-order valence-electron chi connectivity index (χ2n) is 8.47. The van der Waals surface area contributed by atoms with Crippen LogP contribution in [0.2, 0.25) is 0 Å². The Labute approximate surface area is 180 Å². The van der Waals surface area contributed by atoms with Crippen molar-refractivity contribution in [3.8, 4) is 0 Å². The third kappa shape index (κ3) is 4.34. The molecule has 3 rings (SSSR count). The summed E-state index contributed by atoms with van der Waals surface area (Å²) >= 11 is 2.26. The van der Waals surface area contributed by atoms with Crippen molar-refractivity contribution < 1.29 is 14.3 Å². The van der Waals surface area contributed by atoms with Gasteiger partial charge in [0.25, 0.3) is 0 Å². The number of ketones is 1. The van der Waals surface area contributed by atoms with Gasteiger partial charge < -0.3 is 10.1 Å². The average molecular weight is 493 g/mol. The lowest BCUT2D eigenvalue weighted by Gasteiger charge is -2.39. The number of carbonyl (C=O) groups is 2. The number of hydrogen-bond acceptors (Lipinski definition) is 4. The molecule has 1 aliphatic heterocycles. The molecule has 0 radical (unpaired) electrons. The van der Waals surface area contributed by atoms with Crippen molar-refractivity contribution in [1.82, 2.24) is 5.32 Å². The number of benzene rings is 1. The van der Waals surface area contributed by atoms with E-state index in [4.69, 9.17) is 4.74 Å². The fourth-order valence-electron chi connectivity index (χ4n) is 4.08. The van der Waals surface area contributed by atoms with Gasteiger partial charge in [0.1, 0.15) is 0 Å². The number of hydrogen-bond donors (Lipinski definition) is 1. The number of Topliss-reactive ketones (excluding diaryl/α,β-unsaturated/α-hetero) is 1. The Morgan fingerprint density at radius 1 is 1.25 bits per heavy atom. The summed E-state index contributed by atoms with van der Waals surface area (Å²) in [6.07, 6.45) is 3.09. The molecule has 1 atom stereocenters. The van der Waals surface area contributed by atoms with Crippen LogP contribution in [0.25, 0.3) is 0 Å². The molecule has 150 valence electrons. The molecule has 0 saturated heterocycles. The quantitative estimate of drug-likeness (QED) is 0.347. The summed E-state index contributed by atoms with van der Waals surface area (Å²) < 4.78 is 6.67. The van der Waals surface area contributed by atoms with Crippen molar-refractivity contribution in [2.24, 2.45) is 5.41 Å². The van der Waals surface area contributed by atoms with Crippen LogP contribution in [0.1, 0.15) is 64.9 Å². The van der Waals surface area contributed by atoms with Crippen molar-refractivity contribution >= 4 is 34.3 Å². The van der Waals surface area contributed by atoms with E-state index in [9.17, 15) is 9.59 Å². The predicted octanol–water partition coefficient (Wildman–Crippen LogP) is 5.24. The predicted molar refractivity (Wildman–Crippen MR) is 119 cm³/mol. The summed E-state index contributed by atoms with van der Waals surface area (Å²) in [4.78, 5) is 26.1. The topological polar surface area (TPSA) is 55.4 Å². The Balaban J connectivity index is 2.07. The average Bonchev–Trinajstić information content (AvgIpc) is 2.60. The summed E-state index contributed by atoms with van der Waals surface area (Å²) in [5.74, 6) is -0.578. The zero-order valence-electron chi connectivity index (χ0n) is 17.0. The van der Waals surface area contributed by atoms with Gasteiger partial charge in [-0.3, -0.25) is 4.79 Å². The molecular weight excluding hydrogens is 465 g/mol. The maximum absolute atomic E-state index is 13.2. The van der Waals surface area contributed by atoms with Gasteiger partial charge in [0.15, 0.2) is 5.78 Å². The number of esters is 1. The number of halogens is 1. The Kier molecular flexibility index (Phi) is 6.32. The third-order valence-electron chi connectivity index (χ3n) is 5.39. The number of ether oxygens (including phenoxy) is 1. The summed E-state index contributed by atoms with van der Waals surface area (Å²) in [5, 5.41) is 3.37. The van der Waals surface area contributed by atoms with Crippen molar-refractivity contribution in [2.45, 2.75) is 59.3 Å². The van der Waals surface area contributed by atoms with Crippen LogP contribution in [0.4, 0.5) is 0 Å². The molecule has 0 unspecified atom stereocenters. The van der Waals surface area contributed by atoms with Gasteiger partial charge in [-0.1, -0.05) is 39.3 Å². The molecular formula is C23H28INO3. The monoisotopic (exact) mass is 493 g/mol. The van der Waals surface area contributed by atoms with Crippen LogP contribution in [0.15, 0.2) is 46.8 Å². The molecule has 1 aliphatic carbocycles. The van der Waals surface area contributed by atoms with Gasteiger partial charge in [-0.2, -0.15) is 0 Å². The standard InChI is InChI=1S/C23H28INO3/c1-5-6-11-28-22(27)19-14(2)25-17-12-23(3,4)13-18(26)21(17)20(19)15-7-9-16(24)10-8-15/h7-10,20,25H,5-6,11-13H2,1-4H3/t20-/m1/s1. The smallest absolute Gasteiger partial charge is 0.336 e. The molecule has 2 aliphatic rings. The Morgan fingerprint density at radius 3 is 2.57 bits per heavy atom. The van der Waals surface area contributed by atoms with Crippen LogP contribution < -0.4 is 5.32 Å². The van der Waals surface area contributed by atoms with E-state index in [-0.39, 0.29) is 23.1 Å². The van der Waals surface area contributed by atoms with E-state index in [1.165, 1.54) is 0 Å². The highest BCUT2D eigenvalue weighted by Crippen LogP contribution is 2.46. The van der Waals surface area contributed by atoms with Crippen molar-refractivity contribution in [3.63, 3.8) is 0 Å². The highest BCUT2D eigenvalue weighted by molar-refractivity contribution is 14.1. The SMILES string of the molecule is CCCCOC(=O)C1=C(C)NC2=C(C(=O)CC(C)(C)C2)[C@@H]1c1ccc(I)cc1. The zero-order chi connectivity index (χ0) is 20.5. The lowest BCUT2D eigenvalue weighted by atomic mass is 9.68. The number of carbonyl (C=O) groups excluding carboxylic acids is 2. The molecule has 0 amide bonds. The van der Waals surface area contributed by atoms with Crippen LogP contribution in [-0.4, -0.2) is 18.4 Å². The largest absolute Gasteiger partial charge is 0.462 e. The van der Waals surface area contributed by atoms with E-state index in [2.05, 4.69) is 48.7 Å². The van der Waals surface area contributed by atoms with Gasteiger partial charge in [-0.15, -0.1) is 0 Å². The van der Waals surface area contributed by atoms with E-state index in [1.54, 1.807) is 0 Å². The molecule has 1 heterocycles. The summed E-state index contributed by atoms with van der Waals surface area (Å²) in [6.45, 7) is 8.60. The molecule has 4 nitrogen and oxygen atoms in total. The van der Waals surface area contributed by atoms with Gasteiger partial charge in [-0.25, -0.2) is 4.79 Å². The first-order chi connectivity index (χ1) is 13.2. The maximum Gasteiger partial charge on any atom is 0.336 e. The van der Waals surface area contributed by atoms with Crippen molar-refractivity contribution in [1.29, 1.82) is 0 Å². The Morgan fingerprint density at radius 2 is 1.93 bits per heavy atom. The normalized spacial score (nSPS) is 21.3. The molecule has 1 aromatic rings. The number of unbranched alkanes of at least 4 members (excludes halogenated alkanes) is 1. The number of nitrogens with one attached hydrogen (secondary N) is 1. The molecule has 0 spiro atoms. The van der Waals surface area contributed by atoms with Gasteiger partial charge in [0.05, 0.1) is 12.2 Å². The van der Waals surface area contributed by atoms with E-state index in [0.717, 1.165) is 45.4 Å². The van der Waals surface area contributed by atoms with E-state index >= 15 is 0 Å². The van der Waals surface area contributed by atoms with Crippen molar-refractivity contribution in [2.75, 3.05) is 6.61 Å². The highest BCUT2D eigenvalue weighted by Gasteiger charge is 2.43. The molecule has 5 heteroatoms. The molecule has 1 N–H and O–H groups in total. The van der Waals surface area contributed by atoms with Crippen LogP contribution in [0.3, 0.4) is 0 Å².